The van der Waals surface area contributed by atoms with Gasteiger partial charge in [-0.05, 0) is 43.2 Å². The third-order valence-corrected chi connectivity index (χ3v) is 6.91. The van der Waals surface area contributed by atoms with Crippen molar-refractivity contribution in [3.63, 3.8) is 0 Å². The van der Waals surface area contributed by atoms with Crippen molar-refractivity contribution in [2.75, 3.05) is 11.1 Å². The molecule has 0 saturated carbocycles. The van der Waals surface area contributed by atoms with Gasteiger partial charge in [0.1, 0.15) is 0 Å². The number of aryl methyl sites for hydroxylation is 2. The highest BCUT2D eigenvalue weighted by Gasteiger charge is 2.17. The molecule has 3 aromatic heterocycles. The number of nitrogens with one attached hydrogen (secondary N) is 1. The standard InChI is InChI=1S/C22H20N6O2S2/c1-3-10-27-19(30)14-6-4-5-7-16(14)28-21(27)25-26-22(28)31-12-18(29)24-20-23-15-9-8-13(2)11-17(15)32-20/h4-9,11H,3,10,12H2,1-2H3,(H,23,24,29). The van der Waals surface area contributed by atoms with E-state index in [1.54, 1.807) is 10.6 Å². The van der Waals surface area contributed by atoms with Gasteiger partial charge >= 0.3 is 0 Å². The van der Waals surface area contributed by atoms with Crippen molar-refractivity contribution in [2.24, 2.45) is 0 Å². The van der Waals surface area contributed by atoms with Gasteiger partial charge in [-0.15, -0.1) is 10.2 Å². The number of thiazole rings is 1. The van der Waals surface area contributed by atoms with E-state index in [2.05, 4.69) is 26.6 Å². The molecule has 0 atom stereocenters. The summed E-state index contributed by atoms with van der Waals surface area (Å²) in [6.45, 7) is 4.59. The van der Waals surface area contributed by atoms with Gasteiger partial charge in [0, 0.05) is 6.54 Å². The summed E-state index contributed by atoms with van der Waals surface area (Å²) in [6.07, 6.45) is 0.799. The largest absolute Gasteiger partial charge is 0.301 e. The summed E-state index contributed by atoms with van der Waals surface area (Å²) in [5.74, 6) is 0.463. The average molecular weight is 465 g/mol. The molecule has 0 spiro atoms. The molecule has 5 aromatic rings. The van der Waals surface area contributed by atoms with Crippen molar-refractivity contribution < 1.29 is 4.79 Å². The van der Waals surface area contributed by atoms with Crippen LogP contribution in [0, 0.1) is 6.92 Å². The van der Waals surface area contributed by atoms with Crippen LogP contribution in [-0.2, 0) is 11.3 Å². The molecular weight excluding hydrogens is 444 g/mol. The Morgan fingerprint density at radius 1 is 1.19 bits per heavy atom. The van der Waals surface area contributed by atoms with Crippen LogP contribution in [0.15, 0.2) is 52.4 Å². The zero-order chi connectivity index (χ0) is 22.2. The topological polar surface area (TPSA) is 94.2 Å². The van der Waals surface area contributed by atoms with Gasteiger partial charge in [0.05, 0.1) is 26.9 Å². The zero-order valence-electron chi connectivity index (χ0n) is 17.5. The van der Waals surface area contributed by atoms with Crippen LogP contribution < -0.4 is 10.9 Å². The molecule has 0 saturated heterocycles. The lowest BCUT2D eigenvalue weighted by Crippen LogP contribution is -2.23. The number of hydrogen-bond acceptors (Lipinski definition) is 7. The lowest BCUT2D eigenvalue weighted by Gasteiger charge is -2.10. The third kappa shape index (κ3) is 3.65. The lowest BCUT2D eigenvalue weighted by atomic mass is 10.2. The van der Waals surface area contributed by atoms with Crippen molar-refractivity contribution in [1.29, 1.82) is 0 Å². The van der Waals surface area contributed by atoms with Crippen LogP contribution in [0.5, 0.6) is 0 Å². The maximum Gasteiger partial charge on any atom is 0.262 e. The Labute approximate surface area is 191 Å². The van der Waals surface area contributed by atoms with Crippen molar-refractivity contribution in [3.8, 4) is 0 Å². The number of benzene rings is 2. The molecule has 162 valence electrons. The van der Waals surface area contributed by atoms with Gasteiger partial charge < -0.3 is 5.32 Å². The third-order valence-electron chi connectivity index (χ3n) is 5.05. The molecule has 0 radical (unpaired) electrons. The van der Waals surface area contributed by atoms with E-state index in [9.17, 15) is 9.59 Å². The van der Waals surface area contributed by atoms with E-state index in [1.807, 2.05) is 48.6 Å². The van der Waals surface area contributed by atoms with Crippen molar-refractivity contribution in [2.45, 2.75) is 32.0 Å². The Morgan fingerprint density at radius 2 is 2.03 bits per heavy atom. The van der Waals surface area contributed by atoms with Gasteiger partial charge in [-0.3, -0.25) is 18.6 Å². The SMILES string of the molecule is CCCn1c(=O)c2ccccc2n2c(SCC(=O)Nc3nc4ccc(C)cc4s3)nnc12. The minimum atomic E-state index is -0.172. The second kappa shape index (κ2) is 8.36. The molecule has 5 rings (SSSR count). The molecule has 3 heterocycles. The molecule has 1 amide bonds. The number of fused-ring (bicyclic) bond motifs is 4. The monoisotopic (exact) mass is 464 g/mol. The summed E-state index contributed by atoms with van der Waals surface area (Å²) < 4.78 is 4.53. The minimum absolute atomic E-state index is 0.0808. The van der Waals surface area contributed by atoms with Gasteiger partial charge in [-0.2, -0.15) is 0 Å². The second-order valence-electron chi connectivity index (χ2n) is 7.42. The summed E-state index contributed by atoms with van der Waals surface area (Å²) >= 11 is 2.73. The zero-order valence-corrected chi connectivity index (χ0v) is 19.2. The van der Waals surface area contributed by atoms with Gasteiger partial charge in [0.15, 0.2) is 10.3 Å². The highest BCUT2D eigenvalue weighted by Crippen LogP contribution is 2.27. The Kier molecular flexibility index (Phi) is 5.40. The molecule has 32 heavy (non-hydrogen) atoms. The number of nitrogens with zero attached hydrogens (tertiary/aromatic N) is 5. The predicted octanol–water partition coefficient (Wildman–Crippen LogP) is 4.10. The normalized spacial score (nSPS) is 11.6. The van der Waals surface area contributed by atoms with E-state index < -0.39 is 0 Å². The first-order chi connectivity index (χ1) is 15.5. The van der Waals surface area contributed by atoms with Crippen LogP contribution in [0.3, 0.4) is 0 Å². The van der Waals surface area contributed by atoms with Crippen LogP contribution in [0.4, 0.5) is 5.13 Å². The van der Waals surface area contributed by atoms with Crippen LogP contribution in [0.25, 0.3) is 26.9 Å². The van der Waals surface area contributed by atoms with Gasteiger partial charge in [-0.25, -0.2) is 4.98 Å². The number of rotatable bonds is 6. The number of para-hydroxylation sites is 1. The number of carbonyl (C=O) groups is 1. The summed E-state index contributed by atoms with van der Waals surface area (Å²) in [5, 5.41) is 13.2. The van der Waals surface area contributed by atoms with E-state index in [0.717, 1.165) is 27.7 Å². The highest BCUT2D eigenvalue weighted by molar-refractivity contribution is 7.99. The Balaban J connectivity index is 1.42. The lowest BCUT2D eigenvalue weighted by molar-refractivity contribution is -0.113. The molecule has 0 aliphatic carbocycles. The molecule has 1 N–H and O–H groups in total. The summed E-state index contributed by atoms with van der Waals surface area (Å²) in [7, 11) is 0. The van der Waals surface area contributed by atoms with Crippen LogP contribution in [0.1, 0.15) is 18.9 Å². The number of thioether (sulfide) groups is 1. The quantitative estimate of drug-likeness (QED) is 0.380. The Bertz CT molecular complexity index is 1530. The summed E-state index contributed by atoms with van der Waals surface area (Å²) in [6, 6.07) is 13.4. The molecule has 0 fully saturated rings. The molecule has 2 aromatic carbocycles. The van der Waals surface area contributed by atoms with E-state index in [-0.39, 0.29) is 17.2 Å². The number of carbonyl (C=O) groups excluding carboxylic acids is 1. The number of aromatic nitrogens is 5. The van der Waals surface area contributed by atoms with E-state index in [1.165, 1.54) is 23.1 Å². The fourth-order valence-electron chi connectivity index (χ4n) is 3.62. The van der Waals surface area contributed by atoms with Crippen LogP contribution in [0.2, 0.25) is 0 Å². The molecule has 0 aliphatic rings. The van der Waals surface area contributed by atoms with Gasteiger partial charge in [0.2, 0.25) is 11.7 Å². The summed E-state index contributed by atoms with van der Waals surface area (Å²) in [4.78, 5) is 30.0. The van der Waals surface area contributed by atoms with Crippen molar-refractivity contribution >= 4 is 61.0 Å². The Hall–Kier alpha value is -3.24. The smallest absolute Gasteiger partial charge is 0.262 e. The number of amides is 1. The number of hydrogen-bond donors (Lipinski definition) is 1. The van der Waals surface area contributed by atoms with E-state index >= 15 is 0 Å². The van der Waals surface area contributed by atoms with Crippen LogP contribution >= 0.6 is 23.1 Å². The van der Waals surface area contributed by atoms with Gasteiger partial charge in [0.25, 0.3) is 5.56 Å². The maximum absolute atomic E-state index is 12.9. The fourth-order valence-corrected chi connectivity index (χ4v) is 5.34. The molecule has 10 heteroatoms. The molecular formula is C22H20N6O2S2. The average Bonchev–Trinajstić information content (AvgIpc) is 3.38. The first kappa shape index (κ1) is 20.7. The molecule has 8 nitrogen and oxygen atoms in total. The molecule has 0 aliphatic heterocycles. The minimum Gasteiger partial charge on any atom is -0.301 e. The second-order valence-corrected chi connectivity index (χ2v) is 9.39. The Morgan fingerprint density at radius 3 is 2.88 bits per heavy atom. The van der Waals surface area contributed by atoms with Crippen molar-refractivity contribution in [3.05, 3.63) is 58.4 Å². The van der Waals surface area contributed by atoms with E-state index in [4.69, 9.17) is 0 Å². The van der Waals surface area contributed by atoms with Crippen molar-refractivity contribution in [1.82, 2.24) is 24.1 Å². The summed E-state index contributed by atoms with van der Waals surface area (Å²) in [5.41, 5.74) is 2.67. The molecule has 0 unspecified atom stereocenters. The predicted molar refractivity (Wildman–Crippen MR) is 129 cm³/mol. The first-order valence-corrected chi connectivity index (χ1v) is 12.0. The van der Waals surface area contributed by atoms with Crippen LogP contribution in [-0.4, -0.2) is 35.8 Å². The van der Waals surface area contributed by atoms with E-state index in [0.29, 0.717) is 28.0 Å². The molecule has 0 bridgehead atoms. The highest BCUT2D eigenvalue weighted by atomic mass is 32.2. The number of anilines is 1. The first-order valence-electron chi connectivity index (χ1n) is 10.2. The fraction of sp³-hybridized carbons (Fsp3) is 0.227. The van der Waals surface area contributed by atoms with Gasteiger partial charge in [-0.1, -0.05) is 48.2 Å². The maximum atomic E-state index is 12.9.